The van der Waals surface area contributed by atoms with Crippen LogP contribution >= 0.6 is 0 Å². The highest BCUT2D eigenvalue weighted by Gasteiger charge is 2.44. The van der Waals surface area contributed by atoms with E-state index in [-0.39, 0.29) is 17.8 Å². The number of nitrogens with one attached hydrogen (secondary N) is 2. The van der Waals surface area contributed by atoms with Crippen LogP contribution in [-0.2, 0) is 11.2 Å². The van der Waals surface area contributed by atoms with Crippen molar-refractivity contribution in [1.82, 2.24) is 24.7 Å². The minimum atomic E-state index is -0.946. The van der Waals surface area contributed by atoms with Gasteiger partial charge < -0.3 is 26.6 Å². The SMILES string of the molecule is CC(Cc1ccc(-n2ccc(NC(=O)N3CCN(C(=O)C(C)(C)N)CC3)nc2=O)cc1)NC1C[C@H](N)C2CC1C2. The van der Waals surface area contributed by atoms with E-state index in [4.69, 9.17) is 11.5 Å². The van der Waals surface area contributed by atoms with Crippen LogP contribution in [0.3, 0.4) is 0 Å². The van der Waals surface area contributed by atoms with Crippen molar-refractivity contribution in [2.45, 2.75) is 70.1 Å². The monoisotopic (exact) mass is 550 g/mol. The Labute approximate surface area is 235 Å². The molecule has 216 valence electrons. The van der Waals surface area contributed by atoms with Gasteiger partial charge in [-0.05, 0) is 82.1 Å². The number of anilines is 1. The lowest BCUT2D eigenvalue weighted by molar-refractivity contribution is -0.137. The molecule has 2 unspecified atom stereocenters. The second-order valence-corrected chi connectivity index (χ2v) is 12.3. The summed E-state index contributed by atoms with van der Waals surface area (Å²) in [4.78, 5) is 45.2. The van der Waals surface area contributed by atoms with Crippen LogP contribution in [0, 0.1) is 11.8 Å². The molecule has 2 bridgehead atoms. The Bertz CT molecular complexity index is 1270. The van der Waals surface area contributed by atoms with Crippen LogP contribution < -0.4 is 27.8 Å². The number of fused-ring (bicyclic) bond motifs is 2. The van der Waals surface area contributed by atoms with E-state index < -0.39 is 11.2 Å². The van der Waals surface area contributed by atoms with Gasteiger partial charge in [0.15, 0.2) is 0 Å². The van der Waals surface area contributed by atoms with Gasteiger partial charge in [0.25, 0.3) is 0 Å². The van der Waals surface area contributed by atoms with E-state index in [0.29, 0.717) is 50.0 Å². The number of rotatable bonds is 7. The summed E-state index contributed by atoms with van der Waals surface area (Å²) < 4.78 is 1.45. The molecule has 0 radical (unpaired) electrons. The second kappa shape index (κ2) is 11.3. The third-order valence-electron chi connectivity index (χ3n) is 8.61. The number of piperazine rings is 1. The van der Waals surface area contributed by atoms with E-state index >= 15 is 0 Å². The fraction of sp³-hybridized carbons (Fsp3) is 0.586. The Kier molecular flexibility index (Phi) is 7.98. The normalized spacial score (nSPS) is 25.2. The zero-order valence-electron chi connectivity index (χ0n) is 23.7. The highest BCUT2D eigenvalue weighted by atomic mass is 16.2. The van der Waals surface area contributed by atoms with Gasteiger partial charge in [0.2, 0.25) is 5.91 Å². The van der Waals surface area contributed by atoms with E-state index in [1.165, 1.54) is 23.0 Å². The van der Waals surface area contributed by atoms with Gasteiger partial charge in [0.05, 0.1) is 11.2 Å². The molecule has 6 rings (SSSR count). The predicted octanol–water partition coefficient (Wildman–Crippen LogP) is 1.29. The highest BCUT2D eigenvalue weighted by molar-refractivity contribution is 5.89. The van der Waals surface area contributed by atoms with E-state index in [0.717, 1.165) is 24.7 Å². The lowest BCUT2D eigenvalue weighted by Crippen LogP contribution is -2.58. The molecule has 40 heavy (non-hydrogen) atoms. The molecule has 4 aliphatic rings. The number of nitrogens with two attached hydrogens (primary N) is 2. The average molecular weight is 551 g/mol. The maximum Gasteiger partial charge on any atom is 0.354 e. The summed E-state index contributed by atoms with van der Waals surface area (Å²) in [6.07, 6.45) is 6.10. The Morgan fingerprint density at radius 3 is 2.27 bits per heavy atom. The Morgan fingerprint density at radius 1 is 1.02 bits per heavy atom. The fourth-order valence-corrected chi connectivity index (χ4v) is 6.22. The summed E-state index contributed by atoms with van der Waals surface area (Å²) in [6.45, 7) is 7.12. The molecule has 2 aromatic rings. The van der Waals surface area contributed by atoms with Crippen molar-refractivity contribution < 1.29 is 9.59 Å². The molecule has 1 aliphatic heterocycles. The molecule has 11 heteroatoms. The molecule has 3 atom stereocenters. The number of aromatic nitrogens is 2. The van der Waals surface area contributed by atoms with Gasteiger partial charge in [0, 0.05) is 50.5 Å². The first-order valence-corrected chi connectivity index (χ1v) is 14.3. The highest BCUT2D eigenvalue weighted by Crippen LogP contribution is 2.45. The molecular formula is C29H42N8O3. The van der Waals surface area contributed by atoms with Crippen molar-refractivity contribution in [3.63, 3.8) is 0 Å². The molecule has 4 fully saturated rings. The summed E-state index contributed by atoms with van der Waals surface area (Å²) in [7, 11) is 0. The van der Waals surface area contributed by atoms with Crippen molar-refractivity contribution in [3.8, 4) is 5.69 Å². The van der Waals surface area contributed by atoms with E-state index in [2.05, 4.69) is 22.5 Å². The number of hydrogen-bond donors (Lipinski definition) is 4. The molecule has 6 N–H and O–H groups in total. The van der Waals surface area contributed by atoms with Gasteiger partial charge in [-0.15, -0.1) is 0 Å². The zero-order valence-corrected chi connectivity index (χ0v) is 23.7. The van der Waals surface area contributed by atoms with Crippen molar-refractivity contribution in [2.75, 3.05) is 31.5 Å². The van der Waals surface area contributed by atoms with Crippen LogP contribution in [0.4, 0.5) is 10.6 Å². The van der Waals surface area contributed by atoms with Gasteiger partial charge in [-0.25, -0.2) is 9.59 Å². The lowest BCUT2D eigenvalue weighted by atomic mass is 9.60. The maximum absolute atomic E-state index is 12.8. The quantitative estimate of drug-likeness (QED) is 0.405. The van der Waals surface area contributed by atoms with Crippen LogP contribution in [-0.4, -0.2) is 81.1 Å². The van der Waals surface area contributed by atoms with Crippen molar-refractivity contribution in [1.29, 1.82) is 0 Å². The molecule has 3 aliphatic carbocycles. The van der Waals surface area contributed by atoms with Gasteiger partial charge in [-0.1, -0.05) is 12.1 Å². The van der Waals surface area contributed by atoms with Crippen LogP contribution in [0.1, 0.15) is 45.6 Å². The molecule has 1 saturated heterocycles. The van der Waals surface area contributed by atoms with Crippen LogP contribution in [0.15, 0.2) is 41.3 Å². The van der Waals surface area contributed by atoms with Crippen molar-refractivity contribution >= 4 is 17.8 Å². The Morgan fingerprint density at radius 2 is 1.68 bits per heavy atom. The second-order valence-electron chi connectivity index (χ2n) is 12.3. The third kappa shape index (κ3) is 6.21. The topological polar surface area (TPSA) is 152 Å². The molecule has 3 saturated carbocycles. The van der Waals surface area contributed by atoms with Crippen LogP contribution in [0.5, 0.6) is 0 Å². The number of urea groups is 1. The van der Waals surface area contributed by atoms with Gasteiger partial charge in [-0.3, -0.25) is 14.7 Å². The maximum atomic E-state index is 12.8. The van der Waals surface area contributed by atoms with Gasteiger partial charge in [-0.2, -0.15) is 4.98 Å². The molecule has 2 heterocycles. The zero-order chi connectivity index (χ0) is 28.6. The fourth-order valence-electron chi connectivity index (χ4n) is 6.22. The molecule has 1 aromatic heterocycles. The Hall–Kier alpha value is -3.28. The predicted molar refractivity (Wildman–Crippen MR) is 154 cm³/mol. The number of hydrogen-bond acceptors (Lipinski definition) is 7. The molecule has 3 amide bonds. The summed E-state index contributed by atoms with van der Waals surface area (Å²) in [5, 5.41) is 6.49. The molecule has 11 nitrogen and oxygen atoms in total. The molecular weight excluding hydrogens is 508 g/mol. The molecule has 0 spiro atoms. The van der Waals surface area contributed by atoms with E-state index in [9.17, 15) is 14.4 Å². The largest absolute Gasteiger partial charge is 0.354 e. The lowest BCUT2D eigenvalue weighted by Gasteiger charge is -2.51. The first kappa shape index (κ1) is 28.3. The first-order chi connectivity index (χ1) is 19.0. The van der Waals surface area contributed by atoms with Gasteiger partial charge in [0.1, 0.15) is 5.82 Å². The number of carbonyl (C=O) groups is 2. The average Bonchev–Trinajstić information content (AvgIpc) is 2.87. The summed E-state index contributed by atoms with van der Waals surface area (Å²) >= 11 is 0. The number of nitrogens with zero attached hydrogens (tertiary/aromatic N) is 4. The van der Waals surface area contributed by atoms with E-state index in [1.54, 1.807) is 35.9 Å². The first-order valence-electron chi connectivity index (χ1n) is 14.3. The van der Waals surface area contributed by atoms with Crippen LogP contribution in [0.2, 0.25) is 0 Å². The van der Waals surface area contributed by atoms with Crippen molar-refractivity contribution in [2.24, 2.45) is 23.3 Å². The van der Waals surface area contributed by atoms with Crippen molar-refractivity contribution in [3.05, 3.63) is 52.6 Å². The number of carbonyl (C=O) groups excluding carboxylic acids is 2. The summed E-state index contributed by atoms with van der Waals surface area (Å²) in [6, 6.07) is 10.3. The smallest absolute Gasteiger partial charge is 0.338 e. The van der Waals surface area contributed by atoms with E-state index in [1.807, 2.05) is 24.3 Å². The van der Waals surface area contributed by atoms with Gasteiger partial charge >= 0.3 is 11.7 Å². The summed E-state index contributed by atoms with van der Waals surface area (Å²) in [5.41, 5.74) is 12.7. The standard InChI is InChI=1S/C29H42N8O3/c1-18(32-24-17-23(30)20-15-21(24)16-20)14-19-4-6-22(7-5-19)37-9-8-25(34-28(37)40)33-27(39)36-12-10-35(11-13-36)26(38)29(2,3)31/h4-9,18,20-21,23-24,32H,10-17,30-31H2,1-3H3,(H,33,34,39,40)/t18?,20?,21?,23-,24?/m0/s1. The third-order valence-corrected chi connectivity index (χ3v) is 8.61. The Balaban J connectivity index is 1.13. The number of benzene rings is 1. The van der Waals surface area contributed by atoms with Crippen LogP contribution in [0.25, 0.3) is 5.69 Å². The molecule has 1 aromatic carbocycles. The number of amides is 3. The minimum Gasteiger partial charge on any atom is -0.338 e. The minimum absolute atomic E-state index is 0.141. The summed E-state index contributed by atoms with van der Waals surface area (Å²) in [5.74, 6) is 1.55.